The molecule has 3 heterocycles. The zero-order chi connectivity index (χ0) is 19.1. The number of aliphatic hydroxyl groups excluding tert-OH is 1. The fourth-order valence-electron chi connectivity index (χ4n) is 3.32. The molecular formula is C21H17NO4S. The molecule has 1 aliphatic rings. The molecule has 0 spiro atoms. The van der Waals surface area contributed by atoms with Crippen LogP contribution in [-0.4, -0.2) is 16.8 Å². The Morgan fingerprint density at radius 1 is 1.19 bits per heavy atom. The fourth-order valence-corrected chi connectivity index (χ4v) is 4.14. The Kier molecular flexibility index (Phi) is 4.20. The topological polar surface area (TPSA) is 70.8 Å². The van der Waals surface area contributed by atoms with E-state index in [1.54, 1.807) is 6.07 Å². The smallest absolute Gasteiger partial charge is 0.294 e. The van der Waals surface area contributed by atoms with Gasteiger partial charge in [0.15, 0.2) is 11.5 Å². The Labute approximate surface area is 160 Å². The highest BCUT2D eigenvalue weighted by Gasteiger charge is 2.46. The molecule has 1 atom stereocenters. The average molecular weight is 379 g/mol. The molecule has 5 nitrogen and oxygen atoms in total. The standard InChI is InChI=1S/C21H17NO4S/c1-12-7-8-13(2)14(11-12)22-18(16-6-4-10-27-16)17(20(24)21(22)25)19(23)15-5-3-9-26-15/h3-11,18,24H,1-2H3. The van der Waals surface area contributed by atoms with Gasteiger partial charge in [-0.15, -0.1) is 11.3 Å². The van der Waals surface area contributed by atoms with Crippen molar-refractivity contribution < 1.29 is 19.1 Å². The van der Waals surface area contributed by atoms with Crippen molar-refractivity contribution in [3.05, 3.63) is 87.2 Å². The number of furan rings is 1. The molecule has 27 heavy (non-hydrogen) atoms. The number of amides is 1. The number of anilines is 1. The first-order valence-corrected chi connectivity index (χ1v) is 9.32. The molecule has 1 aliphatic heterocycles. The SMILES string of the molecule is Cc1ccc(C)c(N2C(=O)C(O)=C(C(=O)c3ccco3)C2c2cccs2)c1. The summed E-state index contributed by atoms with van der Waals surface area (Å²) < 4.78 is 5.22. The third kappa shape index (κ3) is 2.78. The van der Waals surface area contributed by atoms with Gasteiger partial charge in [-0.2, -0.15) is 0 Å². The zero-order valence-electron chi connectivity index (χ0n) is 14.8. The predicted molar refractivity (Wildman–Crippen MR) is 103 cm³/mol. The lowest BCUT2D eigenvalue weighted by molar-refractivity contribution is -0.117. The van der Waals surface area contributed by atoms with Gasteiger partial charge >= 0.3 is 0 Å². The minimum absolute atomic E-state index is 0.0401. The number of carbonyl (C=O) groups excluding carboxylic acids is 2. The van der Waals surface area contributed by atoms with Crippen LogP contribution in [0.5, 0.6) is 0 Å². The largest absolute Gasteiger partial charge is 0.503 e. The summed E-state index contributed by atoms with van der Waals surface area (Å²) in [7, 11) is 0. The monoisotopic (exact) mass is 379 g/mol. The highest BCUT2D eigenvalue weighted by atomic mass is 32.1. The number of ketones is 1. The van der Waals surface area contributed by atoms with Crippen LogP contribution in [0.4, 0.5) is 5.69 Å². The Bertz CT molecular complexity index is 1050. The molecule has 0 bridgehead atoms. The van der Waals surface area contributed by atoms with E-state index in [-0.39, 0.29) is 11.3 Å². The molecule has 1 amide bonds. The van der Waals surface area contributed by atoms with E-state index in [4.69, 9.17) is 4.42 Å². The number of aliphatic hydroxyl groups is 1. The molecular weight excluding hydrogens is 362 g/mol. The number of hydrogen-bond acceptors (Lipinski definition) is 5. The van der Waals surface area contributed by atoms with Gasteiger partial charge < -0.3 is 9.52 Å². The Hall–Kier alpha value is -3.12. The van der Waals surface area contributed by atoms with Crippen LogP contribution in [0.2, 0.25) is 0 Å². The molecule has 1 aromatic carbocycles. The van der Waals surface area contributed by atoms with E-state index in [1.165, 1.54) is 28.6 Å². The lowest BCUT2D eigenvalue weighted by Gasteiger charge is -2.27. The van der Waals surface area contributed by atoms with Crippen molar-refractivity contribution in [1.29, 1.82) is 0 Å². The highest BCUT2D eigenvalue weighted by Crippen LogP contribution is 2.44. The quantitative estimate of drug-likeness (QED) is 0.665. The average Bonchev–Trinajstić information content (AvgIpc) is 3.39. The summed E-state index contributed by atoms with van der Waals surface area (Å²) in [6, 6.07) is 11.9. The van der Waals surface area contributed by atoms with Crippen molar-refractivity contribution in [3.63, 3.8) is 0 Å². The molecule has 3 aromatic rings. The lowest BCUT2D eigenvalue weighted by atomic mass is 9.99. The summed E-state index contributed by atoms with van der Waals surface area (Å²) in [4.78, 5) is 28.3. The van der Waals surface area contributed by atoms with Gasteiger partial charge in [-0.3, -0.25) is 14.5 Å². The van der Waals surface area contributed by atoms with E-state index in [0.717, 1.165) is 16.0 Å². The normalized spacial score (nSPS) is 17.0. The molecule has 0 radical (unpaired) electrons. The van der Waals surface area contributed by atoms with Gasteiger partial charge in [0.2, 0.25) is 5.78 Å². The second-order valence-electron chi connectivity index (χ2n) is 6.45. The summed E-state index contributed by atoms with van der Waals surface area (Å²) in [5.74, 6) is -1.52. The first kappa shape index (κ1) is 17.3. The first-order valence-electron chi connectivity index (χ1n) is 8.44. The van der Waals surface area contributed by atoms with Crippen LogP contribution < -0.4 is 4.90 Å². The molecule has 0 saturated carbocycles. The Morgan fingerprint density at radius 3 is 2.67 bits per heavy atom. The van der Waals surface area contributed by atoms with Crippen molar-refractivity contribution in [2.45, 2.75) is 19.9 Å². The van der Waals surface area contributed by atoms with Gasteiger partial charge in [-0.25, -0.2) is 0 Å². The number of aryl methyl sites for hydroxylation is 2. The third-order valence-corrected chi connectivity index (χ3v) is 5.56. The lowest BCUT2D eigenvalue weighted by Crippen LogP contribution is -2.31. The Morgan fingerprint density at radius 2 is 2.00 bits per heavy atom. The maximum Gasteiger partial charge on any atom is 0.294 e. The van der Waals surface area contributed by atoms with E-state index in [1.807, 2.05) is 49.6 Å². The van der Waals surface area contributed by atoms with Crippen LogP contribution in [-0.2, 0) is 4.79 Å². The van der Waals surface area contributed by atoms with Crippen molar-refractivity contribution in [3.8, 4) is 0 Å². The van der Waals surface area contributed by atoms with E-state index in [0.29, 0.717) is 5.69 Å². The van der Waals surface area contributed by atoms with E-state index in [2.05, 4.69) is 0 Å². The summed E-state index contributed by atoms with van der Waals surface area (Å²) >= 11 is 1.43. The summed E-state index contributed by atoms with van der Waals surface area (Å²) in [6.45, 7) is 3.84. The van der Waals surface area contributed by atoms with E-state index in [9.17, 15) is 14.7 Å². The minimum atomic E-state index is -0.699. The summed E-state index contributed by atoms with van der Waals surface area (Å²) in [6.07, 6.45) is 1.39. The molecule has 136 valence electrons. The van der Waals surface area contributed by atoms with E-state index >= 15 is 0 Å². The number of rotatable bonds is 4. The summed E-state index contributed by atoms with van der Waals surface area (Å²) in [5.41, 5.74) is 2.58. The molecule has 6 heteroatoms. The second kappa shape index (κ2) is 6.55. The molecule has 0 aliphatic carbocycles. The van der Waals surface area contributed by atoms with Crippen molar-refractivity contribution in [2.24, 2.45) is 0 Å². The first-order chi connectivity index (χ1) is 13.0. The van der Waals surface area contributed by atoms with Crippen LogP contribution >= 0.6 is 11.3 Å². The minimum Gasteiger partial charge on any atom is -0.503 e. The predicted octanol–water partition coefficient (Wildman–Crippen LogP) is 4.74. The second-order valence-corrected chi connectivity index (χ2v) is 7.43. The third-order valence-electron chi connectivity index (χ3n) is 4.63. The van der Waals surface area contributed by atoms with Crippen LogP contribution in [0, 0.1) is 13.8 Å². The molecule has 0 fully saturated rings. The number of benzene rings is 1. The maximum absolute atomic E-state index is 13.0. The van der Waals surface area contributed by atoms with Gasteiger partial charge in [0.25, 0.3) is 5.91 Å². The van der Waals surface area contributed by atoms with Crippen LogP contribution in [0.15, 0.2) is 69.9 Å². The fraction of sp³-hybridized carbons (Fsp3) is 0.143. The number of hydrogen-bond donors (Lipinski definition) is 1. The number of nitrogens with zero attached hydrogens (tertiary/aromatic N) is 1. The van der Waals surface area contributed by atoms with Crippen LogP contribution in [0.3, 0.4) is 0 Å². The van der Waals surface area contributed by atoms with E-state index < -0.39 is 23.5 Å². The molecule has 0 saturated heterocycles. The number of Topliss-reactive ketones (excluding diaryl/α,β-unsaturated/α-hetero) is 1. The highest BCUT2D eigenvalue weighted by molar-refractivity contribution is 7.10. The number of thiophene rings is 1. The molecule has 4 rings (SSSR count). The van der Waals surface area contributed by atoms with Gasteiger partial charge in [0.05, 0.1) is 11.8 Å². The van der Waals surface area contributed by atoms with Gasteiger partial charge in [-0.05, 0) is 54.6 Å². The summed E-state index contributed by atoms with van der Waals surface area (Å²) in [5, 5.41) is 12.5. The number of carbonyl (C=O) groups is 2. The van der Waals surface area contributed by atoms with Gasteiger partial charge in [0, 0.05) is 10.6 Å². The molecule has 2 aromatic heterocycles. The maximum atomic E-state index is 13.0. The van der Waals surface area contributed by atoms with Crippen LogP contribution in [0.1, 0.15) is 32.6 Å². The van der Waals surface area contributed by atoms with Gasteiger partial charge in [-0.1, -0.05) is 18.2 Å². The molecule has 1 unspecified atom stereocenters. The Balaban J connectivity index is 1.90. The van der Waals surface area contributed by atoms with Crippen molar-refractivity contribution >= 4 is 28.7 Å². The van der Waals surface area contributed by atoms with Crippen LogP contribution in [0.25, 0.3) is 0 Å². The van der Waals surface area contributed by atoms with Crippen molar-refractivity contribution in [1.82, 2.24) is 0 Å². The molecule has 1 N–H and O–H groups in total. The van der Waals surface area contributed by atoms with Crippen molar-refractivity contribution in [2.75, 3.05) is 4.90 Å². The zero-order valence-corrected chi connectivity index (χ0v) is 15.6. The van der Waals surface area contributed by atoms with Gasteiger partial charge in [0.1, 0.15) is 6.04 Å².